The van der Waals surface area contributed by atoms with Gasteiger partial charge >= 0.3 is 0 Å². The fourth-order valence-electron chi connectivity index (χ4n) is 3.92. The third-order valence-electron chi connectivity index (χ3n) is 6.12. The molecule has 0 amide bonds. The summed E-state index contributed by atoms with van der Waals surface area (Å²) in [7, 11) is 0. The summed E-state index contributed by atoms with van der Waals surface area (Å²) >= 11 is 6.34. The molecule has 0 aliphatic rings. The van der Waals surface area contributed by atoms with Gasteiger partial charge in [-0.3, -0.25) is 4.68 Å². The van der Waals surface area contributed by atoms with Gasteiger partial charge in [0.25, 0.3) is 0 Å². The first-order valence-corrected chi connectivity index (χ1v) is 10.8. The van der Waals surface area contributed by atoms with E-state index in [0.717, 1.165) is 28.1 Å². The minimum Gasteiger partial charge on any atom is -0.259 e. The summed E-state index contributed by atoms with van der Waals surface area (Å²) in [5, 5.41) is 5.36. The highest BCUT2D eigenvalue weighted by atomic mass is 35.5. The zero-order valence-electron chi connectivity index (χ0n) is 18.6. The van der Waals surface area contributed by atoms with Gasteiger partial charge in [-0.25, -0.2) is 4.39 Å². The Morgan fingerprint density at radius 3 is 2.03 bits per heavy atom. The van der Waals surface area contributed by atoms with Gasteiger partial charge in [-0.1, -0.05) is 41.9 Å². The average Bonchev–Trinajstić information content (AvgIpc) is 3.05. The van der Waals surface area contributed by atoms with Crippen molar-refractivity contribution in [3.63, 3.8) is 0 Å². The number of hydrogen-bond donors (Lipinski definition) is 0. The Bertz CT molecular complexity index is 1270. The fraction of sp³-hybridized carbons (Fsp3) is 0.222. The van der Waals surface area contributed by atoms with Crippen molar-refractivity contribution in [2.45, 2.75) is 41.2 Å². The molecule has 31 heavy (non-hydrogen) atoms. The number of nitrogens with zero attached hydrogens (tertiary/aromatic N) is 2. The molecule has 0 spiro atoms. The average molecular weight is 433 g/mol. The van der Waals surface area contributed by atoms with Gasteiger partial charge in [0, 0.05) is 27.3 Å². The van der Waals surface area contributed by atoms with Crippen LogP contribution < -0.4 is 0 Å². The number of hydrogen-bond acceptors (Lipinski definition) is 1. The lowest BCUT2D eigenvalue weighted by Gasteiger charge is -2.12. The van der Waals surface area contributed by atoms with Gasteiger partial charge in [0.15, 0.2) is 0 Å². The summed E-state index contributed by atoms with van der Waals surface area (Å²) in [6.07, 6.45) is 0. The molecule has 4 aromatic rings. The van der Waals surface area contributed by atoms with E-state index in [4.69, 9.17) is 16.7 Å². The minimum absolute atomic E-state index is 0.263. The van der Waals surface area contributed by atoms with Crippen molar-refractivity contribution in [1.82, 2.24) is 9.78 Å². The van der Waals surface area contributed by atoms with Gasteiger partial charge in [0.05, 0.1) is 17.9 Å². The highest BCUT2D eigenvalue weighted by Crippen LogP contribution is 2.34. The van der Waals surface area contributed by atoms with E-state index >= 15 is 0 Å². The van der Waals surface area contributed by atoms with Gasteiger partial charge < -0.3 is 0 Å². The topological polar surface area (TPSA) is 17.8 Å². The number of rotatable bonds is 4. The lowest BCUT2D eigenvalue weighted by atomic mass is 9.98. The van der Waals surface area contributed by atoms with Crippen LogP contribution in [0, 0.1) is 40.4 Å². The Labute approximate surface area is 188 Å². The molecular formula is C27H26ClFN2. The lowest BCUT2D eigenvalue weighted by Crippen LogP contribution is -2.07. The first-order chi connectivity index (χ1) is 14.8. The normalized spacial score (nSPS) is 11.2. The summed E-state index contributed by atoms with van der Waals surface area (Å²) in [6, 6.07) is 17.6. The molecule has 0 saturated heterocycles. The Morgan fingerprint density at radius 2 is 1.42 bits per heavy atom. The van der Waals surface area contributed by atoms with E-state index in [1.165, 1.54) is 28.3 Å². The van der Waals surface area contributed by atoms with Gasteiger partial charge in [-0.15, -0.1) is 0 Å². The molecule has 0 fully saturated rings. The van der Waals surface area contributed by atoms with E-state index in [0.29, 0.717) is 10.6 Å². The Balaban J connectivity index is 1.93. The first kappa shape index (κ1) is 21.3. The summed E-state index contributed by atoms with van der Waals surface area (Å²) in [5.41, 5.74) is 10.4. The van der Waals surface area contributed by atoms with Crippen molar-refractivity contribution in [1.29, 1.82) is 0 Å². The minimum atomic E-state index is -0.320. The maximum atomic E-state index is 14.6. The number of benzene rings is 3. The second-order valence-corrected chi connectivity index (χ2v) is 8.69. The number of aryl methyl sites for hydroxylation is 4. The maximum Gasteiger partial charge on any atom is 0.129 e. The first-order valence-electron chi connectivity index (χ1n) is 10.4. The molecule has 0 bridgehead atoms. The number of aromatic nitrogens is 2. The molecule has 1 aromatic heterocycles. The summed E-state index contributed by atoms with van der Waals surface area (Å²) in [6.45, 7) is 10.8. The molecule has 0 radical (unpaired) electrons. The van der Waals surface area contributed by atoms with Crippen LogP contribution in [0.4, 0.5) is 4.39 Å². The second kappa shape index (κ2) is 8.32. The van der Waals surface area contributed by atoms with Crippen molar-refractivity contribution in [2.75, 3.05) is 0 Å². The van der Waals surface area contributed by atoms with Crippen LogP contribution in [0.25, 0.3) is 22.5 Å². The SMILES string of the molecule is Cc1ccc(-c2nn(Cc3c(F)cccc3Cl)c(-c3ccc(C)c(C)c3)c2C)cc1C. The van der Waals surface area contributed by atoms with Gasteiger partial charge in [0.2, 0.25) is 0 Å². The predicted molar refractivity (Wildman–Crippen MR) is 127 cm³/mol. The molecule has 2 nitrogen and oxygen atoms in total. The van der Waals surface area contributed by atoms with Crippen LogP contribution in [0.5, 0.6) is 0 Å². The van der Waals surface area contributed by atoms with E-state index in [2.05, 4.69) is 71.0 Å². The Kier molecular flexibility index (Phi) is 5.72. The molecule has 4 rings (SSSR count). The van der Waals surface area contributed by atoms with Gasteiger partial charge in [0.1, 0.15) is 5.82 Å². The zero-order chi connectivity index (χ0) is 22.3. The lowest BCUT2D eigenvalue weighted by molar-refractivity contribution is 0.587. The number of halogens is 2. The predicted octanol–water partition coefficient (Wildman–Crippen LogP) is 7.60. The molecule has 158 valence electrons. The second-order valence-electron chi connectivity index (χ2n) is 8.28. The smallest absolute Gasteiger partial charge is 0.129 e. The molecular weight excluding hydrogens is 407 g/mol. The summed E-state index contributed by atoms with van der Waals surface area (Å²) in [5.74, 6) is -0.320. The molecule has 3 aromatic carbocycles. The molecule has 1 heterocycles. The summed E-state index contributed by atoms with van der Waals surface area (Å²) < 4.78 is 16.5. The van der Waals surface area contributed by atoms with Crippen molar-refractivity contribution in [2.24, 2.45) is 0 Å². The van der Waals surface area contributed by atoms with E-state index < -0.39 is 0 Å². The maximum absolute atomic E-state index is 14.6. The molecule has 0 aliphatic carbocycles. The largest absolute Gasteiger partial charge is 0.259 e. The van der Waals surface area contributed by atoms with E-state index in [1.54, 1.807) is 12.1 Å². The van der Waals surface area contributed by atoms with Gasteiger partial charge in [-0.05, 0) is 81.1 Å². The van der Waals surface area contributed by atoms with E-state index in [-0.39, 0.29) is 12.4 Å². The van der Waals surface area contributed by atoms with Crippen molar-refractivity contribution < 1.29 is 4.39 Å². The van der Waals surface area contributed by atoms with Crippen LogP contribution in [-0.4, -0.2) is 9.78 Å². The zero-order valence-corrected chi connectivity index (χ0v) is 19.3. The highest BCUT2D eigenvalue weighted by Gasteiger charge is 2.20. The van der Waals surface area contributed by atoms with Crippen molar-refractivity contribution >= 4 is 11.6 Å². The van der Waals surface area contributed by atoms with E-state index in [1.807, 2.05) is 4.68 Å². The van der Waals surface area contributed by atoms with Crippen LogP contribution in [0.2, 0.25) is 5.02 Å². The molecule has 0 atom stereocenters. The van der Waals surface area contributed by atoms with Crippen LogP contribution in [0.1, 0.15) is 33.4 Å². The highest BCUT2D eigenvalue weighted by molar-refractivity contribution is 6.31. The third kappa shape index (κ3) is 4.03. The fourth-order valence-corrected chi connectivity index (χ4v) is 4.14. The quantitative estimate of drug-likeness (QED) is 0.324. The van der Waals surface area contributed by atoms with Crippen LogP contribution in [0.3, 0.4) is 0 Å². The summed E-state index contributed by atoms with van der Waals surface area (Å²) in [4.78, 5) is 0. The van der Waals surface area contributed by atoms with Crippen LogP contribution in [-0.2, 0) is 6.54 Å². The Hall–Kier alpha value is -2.91. The van der Waals surface area contributed by atoms with Crippen molar-refractivity contribution in [3.8, 4) is 22.5 Å². The monoisotopic (exact) mass is 432 g/mol. The van der Waals surface area contributed by atoms with Crippen LogP contribution >= 0.6 is 11.6 Å². The Morgan fingerprint density at radius 1 is 0.806 bits per heavy atom. The molecule has 4 heteroatoms. The molecule has 0 aliphatic heterocycles. The molecule has 0 unspecified atom stereocenters. The molecule has 0 saturated carbocycles. The standard InChI is InChI=1S/C27H26ClFN2/c1-16-9-11-21(13-18(16)3)26-20(5)27(22-12-10-17(2)19(4)14-22)31(30-26)15-23-24(28)7-6-8-25(23)29/h6-14H,15H2,1-5H3. The van der Waals surface area contributed by atoms with Crippen LogP contribution in [0.15, 0.2) is 54.6 Å². The third-order valence-corrected chi connectivity index (χ3v) is 6.47. The van der Waals surface area contributed by atoms with Crippen molar-refractivity contribution in [3.05, 3.63) is 98.8 Å². The van der Waals surface area contributed by atoms with E-state index in [9.17, 15) is 4.39 Å². The molecule has 0 N–H and O–H groups in total. The van der Waals surface area contributed by atoms with Gasteiger partial charge in [-0.2, -0.15) is 5.10 Å².